The van der Waals surface area contributed by atoms with Gasteiger partial charge in [-0.05, 0) is 25.8 Å². The minimum atomic E-state index is -1.79. The Bertz CT molecular complexity index is 435. The topological polar surface area (TPSA) is 47.6 Å². The Kier molecular flexibility index (Phi) is 7.60. The van der Waals surface area contributed by atoms with Crippen molar-refractivity contribution in [3.05, 3.63) is 35.9 Å². The van der Waals surface area contributed by atoms with Gasteiger partial charge in [0.25, 0.3) is 0 Å². The molecule has 0 saturated carbocycles. The van der Waals surface area contributed by atoms with E-state index in [1.54, 1.807) is 13.8 Å². The molecule has 0 unspecified atom stereocenters. The molecule has 0 fully saturated rings. The average Bonchev–Trinajstić information content (AvgIpc) is 2.36. The van der Waals surface area contributed by atoms with Crippen LogP contribution in [0.2, 0.25) is 0 Å². The summed E-state index contributed by atoms with van der Waals surface area (Å²) in [7, 11) is 0. The molecule has 4 nitrogen and oxygen atoms in total. The van der Waals surface area contributed by atoms with Crippen molar-refractivity contribution in [2.45, 2.75) is 36.4 Å². The number of amides is 1. The number of rotatable bonds is 6. The summed E-state index contributed by atoms with van der Waals surface area (Å²) in [6.45, 7) is 3.74. The maximum absolute atomic E-state index is 11.6. The quantitative estimate of drug-likeness (QED) is 0.618. The largest absolute Gasteiger partial charge is 0.447 e. The summed E-state index contributed by atoms with van der Waals surface area (Å²) in [6, 6.07) is 9.72. The van der Waals surface area contributed by atoms with Crippen LogP contribution in [-0.4, -0.2) is 28.8 Å². The molecule has 0 bridgehead atoms. The molecular weight excluding hydrogens is 337 g/mol. The SMILES string of the molecule is CC(C)OC(=O)N[C@H](OCCc1ccccc1)C(Cl)(Cl)Cl. The summed E-state index contributed by atoms with van der Waals surface area (Å²) in [6.07, 6.45) is -1.41. The lowest BCUT2D eigenvalue weighted by Gasteiger charge is -2.25. The highest BCUT2D eigenvalue weighted by atomic mass is 35.6. The fourth-order valence-electron chi connectivity index (χ4n) is 1.51. The molecule has 118 valence electrons. The molecule has 21 heavy (non-hydrogen) atoms. The molecule has 0 heterocycles. The van der Waals surface area contributed by atoms with Gasteiger partial charge in [-0.25, -0.2) is 4.79 Å². The molecule has 0 aliphatic heterocycles. The first kappa shape index (κ1) is 18.4. The van der Waals surface area contributed by atoms with E-state index in [1.165, 1.54) is 0 Å². The van der Waals surface area contributed by atoms with Crippen molar-refractivity contribution in [2.24, 2.45) is 0 Å². The van der Waals surface area contributed by atoms with Crippen LogP contribution in [0.3, 0.4) is 0 Å². The van der Waals surface area contributed by atoms with Gasteiger partial charge in [0.2, 0.25) is 3.79 Å². The molecule has 0 aliphatic carbocycles. The van der Waals surface area contributed by atoms with E-state index >= 15 is 0 Å². The highest BCUT2D eigenvalue weighted by molar-refractivity contribution is 6.68. The number of hydrogen-bond donors (Lipinski definition) is 1. The lowest BCUT2D eigenvalue weighted by Crippen LogP contribution is -2.46. The standard InChI is InChI=1S/C14H18Cl3NO3/c1-10(2)21-13(19)18-12(14(15,16)17)20-9-8-11-6-4-3-5-7-11/h3-7,10,12H,8-9H2,1-2H3,(H,18,19)/t12-/m1/s1. The highest BCUT2D eigenvalue weighted by Crippen LogP contribution is 2.31. The summed E-state index contributed by atoms with van der Waals surface area (Å²) in [5.41, 5.74) is 1.09. The summed E-state index contributed by atoms with van der Waals surface area (Å²) in [4.78, 5) is 11.6. The molecule has 0 saturated heterocycles. The van der Waals surface area contributed by atoms with E-state index in [0.29, 0.717) is 13.0 Å². The fourth-order valence-corrected chi connectivity index (χ4v) is 1.87. The molecule has 7 heteroatoms. The van der Waals surface area contributed by atoms with Crippen LogP contribution in [0.1, 0.15) is 19.4 Å². The predicted molar refractivity (Wildman–Crippen MR) is 84.9 cm³/mol. The maximum atomic E-state index is 11.6. The number of halogens is 3. The Labute approximate surface area is 139 Å². The second kappa shape index (κ2) is 8.69. The molecule has 0 spiro atoms. The number of carbonyl (C=O) groups excluding carboxylic acids is 1. The molecule has 1 aromatic carbocycles. The van der Waals surface area contributed by atoms with E-state index < -0.39 is 16.1 Å². The second-order valence-corrected chi connectivity index (χ2v) is 7.00. The Morgan fingerprint density at radius 3 is 2.38 bits per heavy atom. The van der Waals surface area contributed by atoms with Crippen LogP contribution in [0.4, 0.5) is 4.79 Å². The molecule has 0 radical (unpaired) electrons. The lowest BCUT2D eigenvalue weighted by molar-refractivity contribution is 0.0253. The summed E-state index contributed by atoms with van der Waals surface area (Å²) >= 11 is 17.4. The second-order valence-electron chi connectivity index (χ2n) is 4.63. The van der Waals surface area contributed by atoms with E-state index in [1.807, 2.05) is 30.3 Å². The number of alkyl carbamates (subject to hydrolysis) is 1. The normalized spacial score (nSPS) is 13.0. The van der Waals surface area contributed by atoms with Gasteiger partial charge in [-0.15, -0.1) is 0 Å². The summed E-state index contributed by atoms with van der Waals surface area (Å²) in [5, 5.41) is 2.40. The van der Waals surface area contributed by atoms with Gasteiger partial charge in [-0.3, -0.25) is 5.32 Å². The van der Waals surface area contributed by atoms with Crippen molar-refractivity contribution in [1.29, 1.82) is 0 Å². The highest BCUT2D eigenvalue weighted by Gasteiger charge is 2.35. The maximum Gasteiger partial charge on any atom is 0.409 e. The fraction of sp³-hybridized carbons (Fsp3) is 0.500. The van der Waals surface area contributed by atoms with Gasteiger partial charge in [0.15, 0.2) is 6.23 Å². The average molecular weight is 355 g/mol. The zero-order valence-corrected chi connectivity index (χ0v) is 14.1. The van der Waals surface area contributed by atoms with Gasteiger partial charge in [0, 0.05) is 0 Å². The predicted octanol–water partition coefficient (Wildman–Crippen LogP) is 4.08. The summed E-state index contributed by atoms with van der Waals surface area (Å²) in [5.74, 6) is 0. The van der Waals surface area contributed by atoms with Crippen molar-refractivity contribution < 1.29 is 14.3 Å². The van der Waals surface area contributed by atoms with Crippen LogP contribution in [0.15, 0.2) is 30.3 Å². The van der Waals surface area contributed by atoms with Crippen LogP contribution >= 0.6 is 34.8 Å². The molecule has 1 atom stereocenters. The van der Waals surface area contributed by atoms with E-state index in [4.69, 9.17) is 44.3 Å². The van der Waals surface area contributed by atoms with Crippen molar-refractivity contribution in [3.8, 4) is 0 Å². The Balaban J connectivity index is 2.49. The first-order valence-corrected chi connectivity index (χ1v) is 7.62. The van der Waals surface area contributed by atoms with E-state index in [0.717, 1.165) is 5.56 Å². The van der Waals surface area contributed by atoms with E-state index in [9.17, 15) is 4.79 Å². The van der Waals surface area contributed by atoms with Crippen molar-refractivity contribution in [3.63, 3.8) is 0 Å². The van der Waals surface area contributed by atoms with Crippen LogP contribution in [0.25, 0.3) is 0 Å². The molecular formula is C14H18Cl3NO3. The molecule has 1 rings (SSSR count). The van der Waals surface area contributed by atoms with Crippen molar-refractivity contribution in [1.82, 2.24) is 5.32 Å². The van der Waals surface area contributed by atoms with Gasteiger partial charge >= 0.3 is 6.09 Å². The first-order chi connectivity index (χ1) is 9.79. The Morgan fingerprint density at radius 1 is 1.24 bits per heavy atom. The number of ether oxygens (including phenoxy) is 2. The summed E-state index contributed by atoms with van der Waals surface area (Å²) < 4.78 is 8.60. The number of benzene rings is 1. The van der Waals surface area contributed by atoms with Crippen molar-refractivity contribution >= 4 is 40.9 Å². The lowest BCUT2D eigenvalue weighted by atomic mass is 10.2. The Hall–Kier alpha value is -0.680. The minimum Gasteiger partial charge on any atom is -0.447 e. The van der Waals surface area contributed by atoms with Crippen LogP contribution in [0, 0.1) is 0 Å². The van der Waals surface area contributed by atoms with Crippen LogP contribution in [0.5, 0.6) is 0 Å². The third-order valence-electron chi connectivity index (χ3n) is 2.41. The van der Waals surface area contributed by atoms with Gasteiger partial charge < -0.3 is 9.47 Å². The van der Waals surface area contributed by atoms with E-state index in [2.05, 4.69) is 5.32 Å². The molecule has 1 amide bonds. The Morgan fingerprint density at radius 2 is 1.86 bits per heavy atom. The number of hydrogen-bond acceptors (Lipinski definition) is 3. The zero-order valence-electron chi connectivity index (χ0n) is 11.8. The number of carbonyl (C=O) groups is 1. The molecule has 0 aliphatic rings. The van der Waals surface area contributed by atoms with E-state index in [-0.39, 0.29) is 6.10 Å². The smallest absolute Gasteiger partial charge is 0.409 e. The number of alkyl halides is 3. The monoisotopic (exact) mass is 353 g/mol. The number of nitrogens with one attached hydrogen (secondary N) is 1. The first-order valence-electron chi connectivity index (χ1n) is 6.48. The van der Waals surface area contributed by atoms with Gasteiger partial charge in [0.05, 0.1) is 12.7 Å². The van der Waals surface area contributed by atoms with Crippen LogP contribution < -0.4 is 5.32 Å². The third kappa shape index (κ3) is 7.77. The minimum absolute atomic E-state index is 0.273. The molecule has 1 N–H and O–H groups in total. The zero-order chi connectivity index (χ0) is 15.9. The van der Waals surface area contributed by atoms with Crippen molar-refractivity contribution in [2.75, 3.05) is 6.61 Å². The molecule has 1 aromatic rings. The van der Waals surface area contributed by atoms with Crippen LogP contribution in [-0.2, 0) is 15.9 Å². The van der Waals surface area contributed by atoms with Gasteiger partial charge in [-0.1, -0.05) is 65.1 Å². The van der Waals surface area contributed by atoms with Gasteiger partial charge in [-0.2, -0.15) is 0 Å². The van der Waals surface area contributed by atoms with Gasteiger partial charge in [0.1, 0.15) is 0 Å². The molecule has 0 aromatic heterocycles. The third-order valence-corrected chi connectivity index (χ3v) is 3.00.